The van der Waals surface area contributed by atoms with Crippen molar-refractivity contribution in [3.8, 4) is 5.75 Å². The average molecular weight is 325 g/mol. The van der Waals surface area contributed by atoms with Crippen LogP contribution in [0, 0.1) is 27.2 Å². The summed E-state index contributed by atoms with van der Waals surface area (Å²) in [5.41, 5.74) is -0.139. The molecule has 0 aliphatic rings. The van der Waals surface area contributed by atoms with Gasteiger partial charge in [-0.3, -0.25) is 20.2 Å². The molecule has 128 valence electrons. The minimum atomic E-state index is -0.585. The lowest BCUT2D eigenvalue weighted by atomic mass is 10.1. The van der Waals surface area contributed by atoms with Crippen LogP contribution in [0.25, 0.3) is 0 Å². The van der Waals surface area contributed by atoms with Crippen molar-refractivity contribution in [1.29, 1.82) is 0 Å². The molecule has 0 saturated heterocycles. The van der Waals surface area contributed by atoms with Crippen LogP contribution in [0.1, 0.15) is 39.2 Å². The van der Waals surface area contributed by atoms with Crippen molar-refractivity contribution >= 4 is 17.1 Å². The van der Waals surface area contributed by atoms with Crippen molar-refractivity contribution in [3.63, 3.8) is 0 Å². The summed E-state index contributed by atoms with van der Waals surface area (Å²) >= 11 is 0. The Bertz CT molecular complexity index is 583. The molecule has 0 bridgehead atoms. The van der Waals surface area contributed by atoms with Gasteiger partial charge in [0.25, 0.3) is 5.69 Å². The topological polar surface area (TPSA) is 98.8 Å². The molecule has 0 aromatic heterocycles. The van der Waals surface area contributed by atoms with E-state index in [2.05, 4.69) is 0 Å². The number of aryl methyl sites for hydroxylation is 1. The molecule has 23 heavy (non-hydrogen) atoms. The molecular formula is C15H23N3O5. The molecule has 0 atom stereocenters. The van der Waals surface area contributed by atoms with Gasteiger partial charge < -0.3 is 9.64 Å². The highest BCUT2D eigenvalue weighted by Crippen LogP contribution is 2.46. The number of benzene rings is 1. The first-order valence-electron chi connectivity index (χ1n) is 7.73. The molecule has 0 amide bonds. The summed E-state index contributed by atoms with van der Waals surface area (Å²) in [6.45, 7) is 8.42. The lowest BCUT2D eigenvalue weighted by Gasteiger charge is -2.24. The highest BCUT2D eigenvalue weighted by Gasteiger charge is 2.35. The Morgan fingerprint density at radius 1 is 1.09 bits per heavy atom. The van der Waals surface area contributed by atoms with Gasteiger partial charge in [0.2, 0.25) is 5.75 Å². The van der Waals surface area contributed by atoms with Crippen LogP contribution in [0.15, 0.2) is 6.07 Å². The number of hydrogen-bond acceptors (Lipinski definition) is 6. The summed E-state index contributed by atoms with van der Waals surface area (Å²) in [4.78, 5) is 23.6. The number of nitro benzene ring substituents is 2. The van der Waals surface area contributed by atoms with Crippen LogP contribution in [-0.2, 0) is 0 Å². The van der Waals surface area contributed by atoms with Gasteiger partial charge in [-0.15, -0.1) is 0 Å². The Kier molecular flexibility index (Phi) is 6.74. The molecule has 8 nitrogen and oxygen atoms in total. The Hall–Kier alpha value is -2.38. The zero-order valence-electron chi connectivity index (χ0n) is 14.0. The van der Waals surface area contributed by atoms with E-state index in [1.165, 1.54) is 6.07 Å². The third-order valence-electron chi connectivity index (χ3n) is 3.36. The molecule has 1 aromatic rings. The normalized spacial score (nSPS) is 10.4. The fourth-order valence-electron chi connectivity index (χ4n) is 2.58. The smallest absolute Gasteiger partial charge is 0.341 e. The quantitative estimate of drug-likeness (QED) is 0.505. The van der Waals surface area contributed by atoms with Gasteiger partial charge in [-0.2, -0.15) is 0 Å². The molecule has 1 aromatic carbocycles. The van der Waals surface area contributed by atoms with Crippen molar-refractivity contribution in [2.75, 3.05) is 24.6 Å². The minimum Gasteiger partial charge on any atom is -0.487 e. The predicted octanol–water partition coefficient (Wildman–Crippen LogP) is 3.84. The predicted molar refractivity (Wildman–Crippen MR) is 88.5 cm³/mol. The van der Waals surface area contributed by atoms with Crippen LogP contribution in [0.5, 0.6) is 5.75 Å². The lowest BCUT2D eigenvalue weighted by molar-refractivity contribution is -0.393. The van der Waals surface area contributed by atoms with E-state index in [0.29, 0.717) is 18.7 Å². The van der Waals surface area contributed by atoms with Crippen molar-refractivity contribution in [1.82, 2.24) is 0 Å². The van der Waals surface area contributed by atoms with E-state index in [9.17, 15) is 20.2 Å². The van der Waals surface area contributed by atoms with Crippen LogP contribution in [-0.4, -0.2) is 29.5 Å². The van der Waals surface area contributed by atoms with E-state index < -0.39 is 9.85 Å². The number of hydrogen-bond donors (Lipinski definition) is 0. The second kappa shape index (κ2) is 8.30. The van der Waals surface area contributed by atoms with Gasteiger partial charge in [0, 0.05) is 24.7 Å². The molecule has 0 fully saturated rings. The second-order valence-electron chi connectivity index (χ2n) is 5.17. The number of rotatable bonds is 9. The molecule has 0 spiro atoms. The van der Waals surface area contributed by atoms with Gasteiger partial charge in [0.15, 0.2) is 5.69 Å². The zero-order chi connectivity index (χ0) is 17.6. The molecule has 0 heterocycles. The van der Waals surface area contributed by atoms with Crippen molar-refractivity contribution in [3.05, 3.63) is 31.9 Å². The van der Waals surface area contributed by atoms with E-state index in [4.69, 9.17) is 4.74 Å². The first kappa shape index (κ1) is 18.7. The summed E-state index contributed by atoms with van der Waals surface area (Å²) in [5, 5.41) is 23.1. The number of nitro groups is 2. The Morgan fingerprint density at radius 2 is 1.65 bits per heavy atom. The van der Waals surface area contributed by atoms with Gasteiger partial charge >= 0.3 is 5.69 Å². The Morgan fingerprint density at radius 3 is 2.04 bits per heavy atom. The van der Waals surface area contributed by atoms with E-state index in [-0.39, 0.29) is 29.4 Å². The third kappa shape index (κ3) is 4.08. The molecule has 0 saturated carbocycles. The van der Waals surface area contributed by atoms with E-state index >= 15 is 0 Å². The largest absolute Gasteiger partial charge is 0.487 e. The minimum absolute atomic E-state index is 0.0396. The fraction of sp³-hybridized carbons (Fsp3) is 0.600. The highest BCUT2D eigenvalue weighted by molar-refractivity contribution is 5.81. The maximum atomic E-state index is 11.6. The molecule has 0 aliphatic heterocycles. The van der Waals surface area contributed by atoms with E-state index in [1.54, 1.807) is 18.7 Å². The third-order valence-corrected chi connectivity index (χ3v) is 3.36. The first-order valence-corrected chi connectivity index (χ1v) is 7.73. The summed E-state index contributed by atoms with van der Waals surface area (Å²) in [7, 11) is 0. The molecule has 1 rings (SSSR count). The number of anilines is 1. The van der Waals surface area contributed by atoms with Gasteiger partial charge in [-0.1, -0.05) is 13.8 Å². The Balaban J connectivity index is 3.74. The lowest BCUT2D eigenvalue weighted by Crippen LogP contribution is -2.27. The standard InChI is InChI=1S/C15H23N3O5/c1-5-8-16(9-6-2)13-12(17(19)20)10-11(4)15(23-7-3)14(13)18(21)22/h10H,5-9H2,1-4H3. The SMILES string of the molecule is CCCN(CCC)c1c([N+](=O)[O-])cc(C)c(OCC)c1[N+](=O)[O-]. The molecule has 0 aliphatic carbocycles. The van der Waals surface area contributed by atoms with Crippen LogP contribution >= 0.6 is 0 Å². The maximum Gasteiger partial charge on any atom is 0.341 e. The monoisotopic (exact) mass is 325 g/mol. The molecule has 0 N–H and O–H groups in total. The van der Waals surface area contributed by atoms with E-state index in [1.807, 2.05) is 13.8 Å². The zero-order valence-corrected chi connectivity index (χ0v) is 14.0. The molecule has 0 radical (unpaired) electrons. The summed E-state index contributed by atoms with van der Waals surface area (Å²) in [6.07, 6.45) is 1.46. The molecular weight excluding hydrogens is 302 g/mol. The van der Waals surface area contributed by atoms with Crippen molar-refractivity contribution in [2.24, 2.45) is 0 Å². The van der Waals surface area contributed by atoms with E-state index in [0.717, 1.165) is 12.8 Å². The highest BCUT2D eigenvalue weighted by atomic mass is 16.6. The van der Waals surface area contributed by atoms with Crippen LogP contribution in [0.2, 0.25) is 0 Å². The fourth-order valence-corrected chi connectivity index (χ4v) is 2.58. The van der Waals surface area contributed by atoms with Gasteiger partial charge in [0.05, 0.1) is 16.5 Å². The maximum absolute atomic E-state index is 11.6. The van der Waals surface area contributed by atoms with Crippen LogP contribution in [0.4, 0.5) is 17.1 Å². The average Bonchev–Trinajstić information content (AvgIpc) is 2.48. The van der Waals surface area contributed by atoms with Gasteiger partial charge in [-0.05, 0) is 26.7 Å². The number of ether oxygens (including phenoxy) is 1. The molecule has 8 heteroatoms. The van der Waals surface area contributed by atoms with Crippen molar-refractivity contribution in [2.45, 2.75) is 40.5 Å². The molecule has 0 unspecified atom stereocenters. The number of nitrogens with zero attached hydrogens (tertiary/aromatic N) is 3. The second-order valence-corrected chi connectivity index (χ2v) is 5.17. The summed E-state index contributed by atoms with van der Waals surface area (Å²) in [5.74, 6) is 0.107. The van der Waals surface area contributed by atoms with Crippen LogP contribution in [0.3, 0.4) is 0 Å². The summed E-state index contributed by atoms with van der Waals surface area (Å²) < 4.78 is 5.42. The van der Waals surface area contributed by atoms with Gasteiger partial charge in [-0.25, -0.2) is 0 Å². The summed E-state index contributed by atoms with van der Waals surface area (Å²) in [6, 6.07) is 1.35. The first-order chi connectivity index (χ1) is 10.9. The van der Waals surface area contributed by atoms with Gasteiger partial charge in [0.1, 0.15) is 0 Å². The van der Waals surface area contributed by atoms with Crippen LogP contribution < -0.4 is 9.64 Å². The van der Waals surface area contributed by atoms with Crippen molar-refractivity contribution < 1.29 is 14.6 Å². The Labute approximate surface area is 135 Å².